The largest absolute Gasteiger partial charge is 0.497 e. The van der Waals surface area contributed by atoms with Gasteiger partial charge in [-0.2, -0.15) is 4.39 Å². The zero-order chi connectivity index (χ0) is 27.6. The van der Waals surface area contributed by atoms with Gasteiger partial charge >= 0.3 is 0 Å². The molecular weight excluding hydrogens is 531 g/mol. The minimum Gasteiger partial charge on any atom is -0.497 e. The number of anilines is 2. The van der Waals surface area contributed by atoms with E-state index >= 15 is 0 Å². The van der Waals surface area contributed by atoms with Crippen LogP contribution in [0.5, 0.6) is 11.5 Å². The molecule has 0 fully saturated rings. The van der Waals surface area contributed by atoms with Crippen LogP contribution in [0, 0.1) is 0 Å². The van der Waals surface area contributed by atoms with Crippen LogP contribution in [0.1, 0.15) is 38.7 Å². The molecule has 0 saturated carbocycles. The molecule has 39 heavy (non-hydrogen) atoms. The molecule has 8 heteroatoms. The van der Waals surface area contributed by atoms with Crippen molar-refractivity contribution in [3.63, 3.8) is 0 Å². The van der Waals surface area contributed by atoms with E-state index in [2.05, 4.69) is 65.5 Å². The quantitative estimate of drug-likeness (QED) is 0.0717. The maximum atomic E-state index is 13.7. The van der Waals surface area contributed by atoms with E-state index in [0.29, 0.717) is 5.75 Å². The summed E-state index contributed by atoms with van der Waals surface area (Å²) in [6, 6.07) is 23.1. The van der Waals surface area contributed by atoms with Gasteiger partial charge in [-0.15, -0.1) is 11.8 Å². The maximum Gasteiger partial charge on any atom is 0.197 e. The summed E-state index contributed by atoms with van der Waals surface area (Å²) in [5, 5.41) is 0. The fourth-order valence-corrected chi connectivity index (χ4v) is 6.49. The number of ether oxygens (including phenoxy) is 2. The first kappa shape index (κ1) is 29.1. The number of benzene rings is 3. The number of carbonyl (C=O) groups excluding carboxylic acids is 1. The number of methoxy groups -OCH3 is 1. The molecule has 0 spiro atoms. The lowest BCUT2D eigenvalue weighted by Gasteiger charge is -2.32. The number of aldehydes is 1. The molecule has 0 saturated heterocycles. The van der Waals surface area contributed by atoms with E-state index in [-0.39, 0.29) is 12.3 Å². The minimum absolute atomic E-state index is 0.150. The van der Waals surface area contributed by atoms with Gasteiger partial charge in [-0.3, -0.25) is 4.79 Å². The van der Waals surface area contributed by atoms with Crippen LogP contribution < -0.4 is 14.4 Å². The van der Waals surface area contributed by atoms with Gasteiger partial charge in [0.15, 0.2) is 12.1 Å². The predicted octanol–water partition coefficient (Wildman–Crippen LogP) is 8.42. The van der Waals surface area contributed by atoms with E-state index < -0.39 is 5.83 Å². The van der Waals surface area contributed by atoms with Gasteiger partial charge in [0.1, 0.15) is 17.8 Å². The third-order valence-electron chi connectivity index (χ3n) is 6.50. The summed E-state index contributed by atoms with van der Waals surface area (Å²) in [4.78, 5) is 15.2. The van der Waals surface area contributed by atoms with Crippen LogP contribution in [0.3, 0.4) is 0 Å². The SMILES string of the molecule is CCCCC1CN(c2ccccc2)c2cc(SCC)c(O/C=C(\F)C=O)cc2SN1Cc1ccc(OC)cc1. The van der Waals surface area contributed by atoms with Crippen molar-refractivity contribution in [3.05, 3.63) is 84.4 Å². The van der Waals surface area contributed by atoms with Crippen LogP contribution in [-0.2, 0) is 11.3 Å². The number of hydrogen-bond acceptors (Lipinski definition) is 7. The molecule has 1 unspecified atom stereocenters. The number of nitrogens with zero attached hydrogens (tertiary/aromatic N) is 2. The van der Waals surface area contributed by atoms with Crippen molar-refractivity contribution in [2.24, 2.45) is 0 Å². The second-order valence-electron chi connectivity index (χ2n) is 9.19. The Morgan fingerprint density at radius 1 is 1.13 bits per heavy atom. The monoisotopic (exact) mass is 566 g/mol. The fourth-order valence-electron chi connectivity index (χ4n) is 4.52. The zero-order valence-corrected chi connectivity index (χ0v) is 24.3. The Kier molecular flexibility index (Phi) is 10.8. The van der Waals surface area contributed by atoms with Gasteiger partial charge in [-0.1, -0.05) is 57.0 Å². The molecule has 0 bridgehead atoms. The Morgan fingerprint density at radius 3 is 2.56 bits per heavy atom. The molecule has 0 radical (unpaired) electrons. The Hall–Kier alpha value is -2.94. The second kappa shape index (κ2) is 14.4. The highest BCUT2D eigenvalue weighted by molar-refractivity contribution is 7.99. The van der Waals surface area contributed by atoms with Crippen molar-refractivity contribution in [3.8, 4) is 11.5 Å². The Morgan fingerprint density at radius 2 is 1.90 bits per heavy atom. The van der Waals surface area contributed by atoms with E-state index in [0.717, 1.165) is 71.3 Å². The summed E-state index contributed by atoms with van der Waals surface area (Å²) in [5.41, 5.74) is 3.42. The van der Waals surface area contributed by atoms with Crippen LogP contribution in [0.2, 0.25) is 0 Å². The highest BCUT2D eigenvalue weighted by Crippen LogP contribution is 2.47. The number of rotatable bonds is 12. The van der Waals surface area contributed by atoms with Crippen LogP contribution in [0.25, 0.3) is 0 Å². The van der Waals surface area contributed by atoms with Crippen molar-refractivity contribution in [2.45, 2.75) is 55.5 Å². The number of hydrogen-bond donors (Lipinski definition) is 0. The second-order valence-corrected chi connectivity index (χ2v) is 11.6. The first-order valence-electron chi connectivity index (χ1n) is 13.2. The topological polar surface area (TPSA) is 42.0 Å². The summed E-state index contributed by atoms with van der Waals surface area (Å²) >= 11 is 3.34. The smallest absolute Gasteiger partial charge is 0.197 e. The first-order chi connectivity index (χ1) is 19.1. The molecule has 0 aromatic heterocycles. The number of halogens is 1. The average Bonchev–Trinajstić information content (AvgIpc) is 3.11. The lowest BCUT2D eigenvalue weighted by atomic mass is 10.1. The molecule has 206 valence electrons. The minimum atomic E-state index is -0.947. The molecule has 1 heterocycles. The Bertz CT molecular complexity index is 1250. The lowest BCUT2D eigenvalue weighted by Crippen LogP contribution is -2.37. The van der Waals surface area contributed by atoms with E-state index in [1.165, 1.54) is 5.56 Å². The molecule has 1 atom stereocenters. The molecule has 3 aromatic rings. The average molecular weight is 567 g/mol. The van der Waals surface area contributed by atoms with Gasteiger partial charge < -0.3 is 14.4 Å². The van der Waals surface area contributed by atoms with E-state index in [1.54, 1.807) is 30.8 Å². The van der Waals surface area contributed by atoms with Gasteiger partial charge in [-0.05, 0) is 66.1 Å². The highest BCUT2D eigenvalue weighted by Gasteiger charge is 2.31. The molecule has 0 N–H and O–H groups in total. The standard InChI is InChI=1S/C31H35FN2O3S2/c1-4-6-10-26-20-33(25-11-8-7-9-12-25)28-17-31(38-5-2)29(37-22-24(32)21-35)18-30(28)39-34(26)19-23-13-15-27(36-3)16-14-23/h7-9,11-18,21-22,26H,4-6,10,19-20H2,1-3H3/b24-22-. The molecule has 1 aliphatic heterocycles. The van der Waals surface area contributed by atoms with Crippen molar-refractivity contribution in [1.29, 1.82) is 0 Å². The Balaban J connectivity index is 1.80. The first-order valence-corrected chi connectivity index (χ1v) is 15.0. The zero-order valence-electron chi connectivity index (χ0n) is 22.6. The molecule has 0 aliphatic carbocycles. The van der Waals surface area contributed by atoms with Crippen molar-refractivity contribution in [2.75, 3.05) is 24.3 Å². The van der Waals surface area contributed by atoms with Crippen molar-refractivity contribution >= 4 is 41.4 Å². The molecule has 5 nitrogen and oxygen atoms in total. The number of unbranched alkanes of at least 4 members (excludes halogenated alkanes) is 1. The third kappa shape index (κ3) is 7.59. The third-order valence-corrected chi connectivity index (χ3v) is 8.60. The van der Waals surface area contributed by atoms with Crippen molar-refractivity contribution < 1.29 is 18.7 Å². The fraction of sp³-hybridized carbons (Fsp3) is 0.323. The van der Waals surface area contributed by atoms with Crippen LogP contribution in [-0.4, -0.2) is 36.0 Å². The molecule has 0 amide bonds. The Labute approximate surface area is 239 Å². The summed E-state index contributed by atoms with van der Waals surface area (Å²) in [6.45, 7) is 5.89. The lowest BCUT2D eigenvalue weighted by molar-refractivity contribution is -0.106. The van der Waals surface area contributed by atoms with Crippen LogP contribution in [0.4, 0.5) is 15.8 Å². The van der Waals surface area contributed by atoms with Crippen LogP contribution in [0.15, 0.2) is 88.6 Å². The van der Waals surface area contributed by atoms with Crippen molar-refractivity contribution in [1.82, 2.24) is 4.31 Å². The van der Waals surface area contributed by atoms with E-state index in [9.17, 15) is 9.18 Å². The number of para-hydroxylation sites is 1. The normalized spacial score (nSPS) is 15.9. The molecule has 1 aliphatic rings. The molecule has 4 rings (SSSR count). The number of allylic oxidation sites excluding steroid dienone is 1. The number of fused-ring (bicyclic) bond motifs is 1. The van der Waals surface area contributed by atoms with Crippen LogP contribution >= 0.6 is 23.7 Å². The summed E-state index contributed by atoms with van der Waals surface area (Å²) in [6.07, 6.45) is 4.34. The van der Waals surface area contributed by atoms with Gasteiger partial charge in [0, 0.05) is 24.8 Å². The van der Waals surface area contributed by atoms with Gasteiger partial charge in [-0.25, -0.2) is 4.31 Å². The van der Waals surface area contributed by atoms with E-state index in [4.69, 9.17) is 9.47 Å². The summed E-state index contributed by atoms with van der Waals surface area (Å²) in [5.74, 6) is 1.26. The predicted molar refractivity (Wildman–Crippen MR) is 160 cm³/mol. The van der Waals surface area contributed by atoms with Gasteiger partial charge in [0.25, 0.3) is 0 Å². The number of carbonyl (C=O) groups is 1. The summed E-state index contributed by atoms with van der Waals surface area (Å²) in [7, 11) is 1.68. The van der Waals surface area contributed by atoms with Gasteiger partial charge in [0.05, 0.1) is 22.6 Å². The molecule has 3 aromatic carbocycles. The highest BCUT2D eigenvalue weighted by atomic mass is 32.2. The van der Waals surface area contributed by atoms with Gasteiger partial charge in [0.2, 0.25) is 0 Å². The summed E-state index contributed by atoms with van der Waals surface area (Å²) < 4.78 is 27.2. The number of thioether (sulfide) groups is 1. The van der Waals surface area contributed by atoms with E-state index in [1.807, 2.05) is 24.3 Å². The molecular formula is C31H35FN2O3S2. The maximum absolute atomic E-state index is 13.7.